The lowest BCUT2D eigenvalue weighted by Gasteiger charge is -2.26. The summed E-state index contributed by atoms with van der Waals surface area (Å²) in [6, 6.07) is 5.68. The van der Waals surface area contributed by atoms with Crippen LogP contribution in [0.4, 0.5) is 9.80 Å². The summed E-state index contributed by atoms with van der Waals surface area (Å²) in [5, 5.41) is 5.78. The number of sulfonamides is 1. The van der Waals surface area contributed by atoms with Crippen molar-refractivity contribution in [1.29, 1.82) is 0 Å². The molecule has 2 aliphatic rings. The number of ether oxygens (including phenoxy) is 2. The first-order chi connectivity index (χ1) is 17.3. The molecule has 0 aliphatic carbocycles. The van der Waals surface area contributed by atoms with Gasteiger partial charge in [-0.3, -0.25) is 9.59 Å². The smallest absolute Gasteiger partial charge is 0.410 e. The van der Waals surface area contributed by atoms with Gasteiger partial charge in [0, 0.05) is 37.1 Å². The van der Waals surface area contributed by atoms with Crippen molar-refractivity contribution in [3.63, 3.8) is 0 Å². The highest BCUT2D eigenvalue weighted by Crippen LogP contribution is 2.37. The van der Waals surface area contributed by atoms with E-state index >= 15 is 0 Å². The molecule has 2 aliphatic heterocycles. The number of thiophene rings is 1. The molecule has 194 valence electrons. The molecule has 0 radical (unpaired) electrons. The van der Waals surface area contributed by atoms with Crippen LogP contribution in [0.25, 0.3) is 0 Å². The second-order valence-corrected chi connectivity index (χ2v) is 11.2. The number of carbonyl (C=O) groups excluding carboxylic acids is 3. The Balaban J connectivity index is 1.54. The van der Waals surface area contributed by atoms with Crippen LogP contribution in [0.5, 0.6) is 0 Å². The molecule has 3 heterocycles. The Morgan fingerprint density at radius 1 is 1.08 bits per heavy atom. The van der Waals surface area contributed by atoms with E-state index in [9.17, 15) is 22.8 Å². The molecule has 1 fully saturated rings. The summed E-state index contributed by atoms with van der Waals surface area (Å²) in [4.78, 5) is 40.3. The van der Waals surface area contributed by atoms with Crippen LogP contribution in [0.15, 0.2) is 29.2 Å². The van der Waals surface area contributed by atoms with Gasteiger partial charge < -0.3 is 25.0 Å². The van der Waals surface area contributed by atoms with Crippen molar-refractivity contribution < 1.29 is 32.3 Å². The van der Waals surface area contributed by atoms with Crippen molar-refractivity contribution in [2.45, 2.75) is 24.8 Å². The summed E-state index contributed by atoms with van der Waals surface area (Å²) in [6.45, 7) is 3.94. The number of fused-ring (bicyclic) bond motifs is 1. The minimum absolute atomic E-state index is 0.0950. The van der Waals surface area contributed by atoms with Gasteiger partial charge in [-0.15, -0.1) is 11.3 Å². The van der Waals surface area contributed by atoms with Gasteiger partial charge in [0.05, 0.1) is 36.8 Å². The van der Waals surface area contributed by atoms with Crippen molar-refractivity contribution in [2.75, 3.05) is 51.8 Å². The first-order valence-electron chi connectivity index (χ1n) is 11.5. The number of carbonyl (C=O) groups is 3. The molecule has 0 atom stereocenters. The van der Waals surface area contributed by atoms with Gasteiger partial charge in [-0.25, -0.2) is 13.2 Å². The van der Waals surface area contributed by atoms with Gasteiger partial charge in [0.2, 0.25) is 10.0 Å². The summed E-state index contributed by atoms with van der Waals surface area (Å²) in [7, 11) is -2.16. The van der Waals surface area contributed by atoms with E-state index in [-0.39, 0.29) is 42.6 Å². The van der Waals surface area contributed by atoms with E-state index in [2.05, 4.69) is 10.6 Å². The van der Waals surface area contributed by atoms with Gasteiger partial charge >= 0.3 is 6.09 Å². The van der Waals surface area contributed by atoms with Crippen molar-refractivity contribution in [3.8, 4) is 0 Å². The molecule has 1 saturated heterocycles. The van der Waals surface area contributed by atoms with Crippen molar-refractivity contribution in [2.24, 2.45) is 0 Å². The molecule has 4 rings (SSSR count). The monoisotopic (exact) mass is 536 g/mol. The predicted molar refractivity (Wildman–Crippen MR) is 133 cm³/mol. The van der Waals surface area contributed by atoms with Gasteiger partial charge in [-0.1, -0.05) is 0 Å². The molecule has 2 aromatic rings. The Morgan fingerprint density at radius 2 is 1.78 bits per heavy atom. The average molecular weight is 537 g/mol. The van der Waals surface area contributed by atoms with Crippen LogP contribution in [-0.4, -0.2) is 82.0 Å². The number of morpholine rings is 1. The molecule has 1 aromatic carbocycles. The van der Waals surface area contributed by atoms with Crippen LogP contribution < -0.4 is 10.6 Å². The maximum absolute atomic E-state index is 13.0. The SMILES string of the molecule is CCOC(=O)N1CCc2c(sc(NC(=O)c3ccc(S(=O)(=O)N4CCOCC4)cc3)c2C(=O)NC)C1. The van der Waals surface area contributed by atoms with Crippen molar-refractivity contribution in [3.05, 3.63) is 45.8 Å². The van der Waals surface area contributed by atoms with Gasteiger partial charge in [-0.2, -0.15) is 4.31 Å². The minimum atomic E-state index is -3.68. The summed E-state index contributed by atoms with van der Waals surface area (Å²) in [5.74, 6) is -0.810. The maximum Gasteiger partial charge on any atom is 0.410 e. The Bertz CT molecular complexity index is 1250. The largest absolute Gasteiger partial charge is 0.450 e. The highest BCUT2D eigenvalue weighted by molar-refractivity contribution is 7.89. The summed E-state index contributed by atoms with van der Waals surface area (Å²) in [6.07, 6.45) is 0.0351. The molecule has 13 heteroatoms. The molecule has 0 saturated carbocycles. The fraction of sp³-hybridized carbons (Fsp3) is 0.435. The lowest BCUT2D eigenvalue weighted by Crippen LogP contribution is -2.40. The number of benzene rings is 1. The van der Waals surface area contributed by atoms with E-state index in [0.717, 1.165) is 10.4 Å². The van der Waals surface area contributed by atoms with Crippen LogP contribution in [0.2, 0.25) is 0 Å². The quantitative estimate of drug-likeness (QED) is 0.576. The van der Waals surface area contributed by atoms with Crippen LogP contribution >= 0.6 is 11.3 Å². The third-order valence-corrected chi connectivity index (χ3v) is 9.03. The topological polar surface area (TPSA) is 134 Å². The number of anilines is 1. The minimum Gasteiger partial charge on any atom is -0.450 e. The molecule has 11 nitrogen and oxygen atoms in total. The zero-order valence-electron chi connectivity index (χ0n) is 20.0. The molecule has 0 unspecified atom stereocenters. The van der Waals surface area contributed by atoms with E-state index in [0.29, 0.717) is 36.7 Å². The second-order valence-electron chi connectivity index (χ2n) is 8.15. The lowest BCUT2D eigenvalue weighted by molar-refractivity contribution is 0.0730. The van der Waals surface area contributed by atoms with E-state index in [1.54, 1.807) is 11.8 Å². The summed E-state index contributed by atoms with van der Waals surface area (Å²) >= 11 is 1.24. The Hall–Kier alpha value is -3.00. The normalized spacial score (nSPS) is 16.2. The van der Waals surface area contributed by atoms with E-state index in [1.807, 2.05) is 0 Å². The lowest BCUT2D eigenvalue weighted by atomic mass is 10.0. The van der Waals surface area contributed by atoms with Crippen LogP contribution in [0.3, 0.4) is 0 Å². The Kier molecular flexibility index (Phi) is 7.93. The van der Waals surface area contributed by atoms with Gasteiger partial charge in [0.25, 0.3) is 11.8 Å². The second kappa shape index (κ2) is 10.9. The van der Waals surface area contributed by atoms with E-state index < -0.39 is 22.0 Å². The number of rotatable bonds is 6. The number of hydrogen-bond acceptors (Lipinski definition) is 8. The molecular formula is C23H28N4O7S2. The molecule has 36 heavy (non-hydrogen) atoms. The highest BCUT2D eigenvalue weighted by Gasteiger charge is 2.31. The number of nitrogens with zero attached hydrogens (tertiary/aromatic N) is 2. The zero-order chi connectivity index (χ0) is 25.9. The molecule has 0 bridgehead atoms. The average Bonchev–Trinajstić information content (AvgIpc) is 3.25. The third-order valence-electron chi connectivity index (χ3n) is 5.99. The van der Waals surface area contributed by atoms with Gasteiger partial charge in [0.1, 0.15) is 5.00 Å². The Labute approximate surface area is 213 Å². The first kappa shape index (κ1) is 26.1. The molecule has 3 amide bonds. The van der Waals surface area contributed by atoms with Crippen molar-refractivity contribution in [1.82, 2.24) is 14.5 Å². The van der Waals surface area contributed by atoms with Gasteiger partial charge in [0.15, 0.2) is 0 Å². The van der Waals surface area contributed by atoms with Crippen LogP contribution in [-0.2, 0) is 32.5 Å². The third kappa shape index (κ3) is 5.24. The highest BCUT2D eigenvalue weighted by atomic mass is 32.2. The number of hydrogen-bond donors (Lipinski definition) is 2. The molecular weight excluding hydrogens is 508 g/mol. The summed E-state index contributed by atoms with van der Waals surface area (Å²) < 4.78 is 37.3. The number of nitrogens with one attached hydrogen (secondary N) is 2. The maximum atomic E-state index is 13.0. The van der Waals surface area contributed by atoms with Crippen LogP contribution in [0, 0.1) is 0 Å². The fourth-order valence-electron chi connectivity index (χ4n) is 4.12. The van der Waals surface area contributed by atoms with E-state index in [4.69, 9.17) is 9.47 Å². The fourth-order valence-corrected chi connectivity index (χ4v) is 6.78. The van der Waals surface area contributed by atoms with Crippen LogP contribution in [0.1, 0.15) is 38.1 Å². The molecule has 1 aromatic heterocycles. The summed E-state index contributed by atoms with van der Waals surface area (Å²) in [5.41, 5.74) is 1.42. The predicted octanol–water partition coefficient (Wildman–Crippen LogP) is 1.90. The first-order valence-corrected chi connectivity index (χ1v) is 13.8. The van der Waals surface area contributed by atoms with Crippen molar-refractivity contribution >= 4 is 44.3 Å². The number of amides is 3. The van der Waals surface area contributed by atoms with Gasteiger partial charge in [-0.05, 0) is 43.2 Å². The standard InChI is InChI=1S/C23H28N4O7S2/c1-3-34-23(30)26-9-8-17-18(14-26)35-22(19(17)21(29)24-2)25-20(28)15-4-6-16(7-5-15)36(31,32)27-10-12-33-13-11-27/h4-7H,3,8-14H2,1-2H3,(H,24,29)(H,25,28). The zero-order valence-corrected chi connectivity index (χ0v) is 21.7. The van der Waals surface area contributed by atoms with E-state index in [1.165, 1.54) is 47.0 Å². The Morgan fingerprint density at radius 3 is 2.42 bits per heavy atom. The molecule has 0 spiro atoms. The molecule has 2 N–H and O–H groups in total.